The average Bonchev–Trinajstić information content (AvgIpc) is 2.08. The predicted molar refractivity (Wildman–Crippen MR) is 52.7 cm³/mol. The summed E-state index contributed by atoms with van der Waals surface area (Å²) in [6.45, 7) is 2.34. The van der Waals surface area contributed by atoms with Gasteiger partial charge >= 0.3 is 0 Å². The quantitative estimate of drug-likeness (QED) is 0.611. The molecule has 1 aliphatic carbocycles. The van der Waals surface area contributed by atoms with Crippen LogP contribution in [0.5, 0.6) is 0 Å². The Bertz CT molecular complexity index is 135. The minimum absolute atomic E-state index is 0.141. The Morgan fingerprint density at radius 2 is 2.08 bits per heavy atom. The molecule has 0 aromatic rings. The van der Waals surface area contributed by atoms with E-state index < -0.39 is 0 Å². The van der Waals surface area contributed by atoms with Crippen molar-refractivity contribution in [1.29, 1.82) is 0 Å². The van der Waals surface area contributed by atoms with Crippen molar-refractivity contribution in [3.8, 4) is 0 Å². The van der Waals surface area contributed by atoms with Gasteiger partial charge in [-0.3, -0.25) is 0 Å². The molecule has 3 heteroatoms. The van der Waals surface area contributed by atoms with Crippen LogP contribution in [0.25, 0.3) is 0 Å². The summed E-state index contributed by atoms with van der Waals surface area (Å²) >= 11 is 0. The molecule has 13 heavy (non-hydrogen) atoms. The molecule has 1 fully saturated rings. The minimum Gasteiger partial charge on any atom is -0.385 e. The third-order valence-corrected chi connectivity index (χ3v) is 2.77. The normalized spacial score (nSPS) is 19.8. The highest BCUT2D eigenvalue weighted by atomic mass is 16.5. The van der Waals surface area contributed by atoms with E-state index in [0.29, 0.717) is 0 Å². The molecule has 78 valence electrons. The summed E-state index contributed by atoms with van der Waals surface area (Å²) in [5.74, 6) is 0. The maximum Gasteiger partial charge on any atom is 0.0694 e. The third-order valence-electron chi connectivity index (χ3n) is 2.77. The van der Waals surface area contributed by atoms with Crippen LogP contribution in [0.2, 0.25) is 0 Å². The van der Waals surface area contributed by atoms with Gasteiger partial charge in [-0.1, -0.05) is 0 Å². The lowest BCUT2D eigenvalue weighted by atomic mass is 9.77. The first-order valence-corrected chi connectivity index (χ1v) is 5.16. The molecule has 0 saturated heterocycles. The number of hydrogen-bond donors (Lipinski definition) is 1. The zero-order valence-corrected chi connectivity index (χ0v) is 8.55. The molecule has 0 unspecified atom stereocenters. The van der Waals surface area contributed by atoms with Gasteiger partial charge in [0.25, 0.3) is 0 Å². The molecule has 3 nitrogen and oxygen atoms in total. The maximum absolute atomic E-state index is 5.85. The highest BCUT2D eigenvalue weighted by Gasteiger charge is 2.36. The minimum atomic E-state index is 0.141. The van der Waals surface area contributed by atoms with Crippen LogP contribution in [0, 0.1) is 0 Å². The van der Waals surface area contributed by atoms with Gasteiger partial charge in [0.2, 0.25) is 0 Å². The van der Waals surface area contributed by atoms with Gasteiger partial charge in [0.05, 0.1) is 5.60 Å². The average molecular weight is 187 g/mol. The highest BCUT2D eigenvalue weighted by Crippen LogP contribution is 2.38. The van der Waals surface area contributed by atoms with Crippen molar-refractivity contribution in [2.24, 2.45) is 5.73 Å². The topological polar surface area (TPSA) is 44.5 Å². The van der Waals surface area contributed by atoms with Gasteiger partial charge in [0.15, 0.2) is 0 Å². The summed E-state index contributed by atoms with van der Waals surface area (Å²) in [4.78, 5) is 0. The second-order valence-corrected chi connectivity index (χ2v) is 3.77. The van der Waals surface area contributed by atoms with Crippen LogP contribution in [-0.2, 0) is 9.47 Å². The summed E-state index contributed by atoms with van der Waals surface area (Å²) in [5.41, 5.74) is 5.69. The molecule has 0 bridgehead atoms. The van der Waals surface area contributed by atoms with Gasteiger partial charge in [-0.05, 0) is 38.6 Å². The zero-order chi connectivity index (χ0) is 9.57. The second-order valence-electron chi connectivity index (χ2n) is 3.77. The smallest absolute Gasteiger partial charge is 0.0694 e. The molecule has 0 atom stereocenters. The zero-order valence-electron chi connectivity index (χ0n) is 8.55. The Hall–Kier alpha value is -0.120. The molecule has 0 amide bonds. The lowest BCUT2D eigenvalue weighted by molar-refractivity contribution is -0.106. The fraction of sp³-hybridized carbons (Fsp3) is 1.00. The third kappa shape index (κ3) is 3.25. The van der Waals surface area contributed by atoms with Gasteiger partial charge in [-0.2, -0.15) is 0 Å². The van der Waals surface area contributed by atoms with E-state index in [1.54, 1.807) is 7.11 Å². The summed E-state index contributed by atoms with van der Waals surface area (Å²) in [5, 5.41) is 0. The van der Waals surface area contributed by atoms with Crippen molar-refractivity contribution in [2.45, 2.75) is 37.7 Å². The van der Waals surface area contributed by atoms with Crippen LogP contribution < -0.4 is 5.73 Å². The Morgan fingerprint density at radius 1 is 1.31 bits per heavy atom. The lowest BCUT2D eigenvalue weighted by Crippen LogP contribution is -2.42. The van der Waals surface area contributed by atoms with E-state index in [1.807, 2.05) is 0 Å². The molecule has 0 heterocycles. The van der Waals surface area contributed by atoms with Crippen LogP contribution in [-0.4, -0.2) is 32.5 Å². The molecule has 0 aliphatic heterocycles. The van der Waals surface area contributed by atoms with Gasteiger partial charge in [-0.15, -0.1) is 0 Å². The van der Waals surface area contributed by atoms with E-state index in [4.69, 9.17) is 15.2 Å². The van der Waals surface area contributed by atoms with Crippen molar-refractivity contribution in [3.05, 3.63) is 0 Å². The monoisotopic (exact) mass is 187 g/mol. The second kappa shape index (κ2) is 5.58. The van der Waals surface area contributed by atoms with E-state index in [-0.39, 0.29) is 5.60 Å². The Kier molecular flexibility index (Phi) is 4.70. The summed E-state index contributed by atoms with van der Waals surface area (Å²) in [6, 6.07) is 0. The van der Waals surface area contributed by atoms with Crippen LogP contribution in [0.15, 0.2) is 0 Å². The first-order chi connectivity index (χ1) is 6.33. The molecule has 0 radical (unpaired) electrons. The summed E-state index contributed by atoms with van der Waals surface area (Å²) in [6.07, 6.45) is 5.68. The van der Waals surface area contributed by atoms with E-state index in [9.17, 15) is 0 Å². The predicted octanol–water partition coefficient (Wildman–Crippen LogP) is 1.31. The molecular formula is C10H21NO2. The van der Waals surface area contributed by atoms with E-state index in [0.717, 1.165) is 32.6 Å². The molecule has 1 aliphatic rings. The van der Waals surface area contributed by atoms with E-state index >= 15 is 0 Å². The Balaban J connectivity index is 2.09. The van der Waals surface area contributed by atoms with Crippen LogP contribution in [0.4, 0.5) is 0 Å². The summed E-state index contributed by atoms with van der Waals surface area (Å²) < 4.78 is 10.8. The van der Waals surface area contributed by atoms with Crippen LogP contribution in [0.3, 0.4) is 0 Å². The first-order valence-electron chi connectivity index (χ1n) is 5.16. The fourth-order valence-electron chi connectivity index (χ4n) is 1.79. The molecule has 0 spiro atoms. The van der Waals surface area contributed by atoms with Crippen molar-refractivity contribution in [3.63, 3.8) is 0 Å². The Labute approximate surface area is 80.6 Å². The molecule has 2 N–H and O–H groups in total. The van der Waals surface area contributed by atoms with E-state index in [2.05, 4.69) is 0 Å². The maximum atomic E-state index is 5.85. The van der Waals surface area contributed by atoms with Gasteiger partial charge < -0.3 is 15.2 Å². The lowest BCUT2D eigenvalue weighted by Gasteiger charge is -2.41. The number of hydrogen-bond acceptors (Lipinski definition) is 3. The number of rotatable bonds is 7. The van der Waals surface area contributed by atoms with Gasteiger partial charge in [0.1, 0.15) is 0 Å². The van der Waals surface area contributed by atoms with Crippen LogP contribution >= 0.6 is 0 Å². The van der Waals surface area contributed by atoms with Crippen molar-refractivity contribution in [2.75, 3.05) is 26.9 Å². The van der Waals surface area contributed by atoms with Gasteiger partial charge in [-0.25, -0.2) is 0 Å². The molecule has 1 rings (SSSR count). The van der Waals surface area contributed by atoms with Gasteiger partial charge in [0, 0.05) is 20.3 Å². The van der Waals surface area contributed by atoms with E-state index in [1.165, 1.54) is 19.3 Å². The largest absolute Gasteiger partial charge is 0.385 e. The number of methoxy groups -OCH3 is 1. The Morgan fingerprint density at radius 3 is 2.54 bits per heavy atom. The SMILES string of the molecule is COCCCOC1(CCN)CCC1. The van der Waals surface area contributed by atoms with Crippen molar-refractivity contribution in [1.82, 2.24) is 0 Å². The summed E-state index contributed by atoms with van der Waals surface area (Å²) in [7, 11) is 1.72. The molecular weight excluding hydrogens is 166 g/mol. The standard InChI is InChI=1S/C10H21NO2/c1-12-8-3-9-13-10(6-7-11)4-2-5-10/h2-9,11H2,1H3. The molecule has 0 aromatic heterocycles. The van der Waals surface area contributed by atoms with Crippen molar-refractivity contribution >= 4 is 0 Å². The van der Waals surface area contributed by atoms with Crippen LogP contribution in [0.1, 0.15) is 32.1 Å². The van der Waals surface area contributed by atoms with Crippen molar-refractivity contribution < 1.29 is 9.47 Å². The fourth-order valence-corrected chi connectivity index (χ4v) is 1.79. The number of nitrogens with two attached hydrogens (primary N) is 1. The molecule has 0 aromatic carbocycles. The number of ether oxygens (including phenoxy) is 2. The highest BCUT2D eigenvalue weighted by molar-refractivity contribution is 4.89. The first kappa shape index (κ1) is 11.0. The molecule has 1 saturated carbocycles.